The van der Waals surface area contributed by atoms with Crippen molar-refractivity contribution in [2.24, 2.45) is 0 Å². The molecule has 0 bridgehead atoms. The maximum absolute atomic E-state index is 9.20. The molecule has 0 spiro atoms. The van der Waals surface area contributed by atoms with Gasteiger partial charge in [-0.25, -0.2) is 0 Å². The van der Waals surface area contributed by atoms with Crippen LogP contribution in [0.15, 0.2) is 97.1 Å². The minimum absolute atomic E-state index is 0.676. The summed E-state index contributed by atoms with van der Waals surface area (Å²) in [6.45, 7) is 0. The van der Waals surface area contributed by atoms with E-state index in [9.17, 15) is 5.26 Å². The molecule has 5 aromatic rings. The van der Waals surface area contributed by atoms with E-state index in [-0.39, 0.29) is 0 Å². The van der Waals surface area contributed by atoms with Gasteiger partial charge in [-0.1, -0.05) is 60.7 Å². The average molecular weight is 344 g/mol. The van der Waals surface area contributed by atoms with E-state index in [0.717, 1.165) is 16.8 Å². The number of nitrogens with zero attached hydrogens (tertiary/aromatic N) is 2. The molecule has 0 saturated heterocycles. The molecule has 0 aliphatic heterocycles. The summed E-state index contributed by atoms with van der Waals surface area (Å²) in [7, 11) is 0. The van der Waals surface area contributed by atoms with E-state index in [2.05, 4.69) is 83.4 Å². The molecule has 0 saturated carbocycles. The van der Waals surface area contributed by atoms with Crippen molar-refractivity contribution in [3.8, 4) is 22.9 Å². The summed E-state index contributed by atoms with van der Waals surface area (Å²) in [6, 6.07) is 35.5. The van der Waals surface area contributed by atoms with Crippen LogP contribution in [0.1, 0.15) is 5.56 Å². The zero-order valence-electron chi connectivity index (χ0n) is 14.6. The zero-order chi connectivity index (χ0) is 18.2. The Morgan fingerprint density at radius 2 is 1.19 bits per heavy atom. The summed E-state index contributed by atoms with van der Waals surface area (Å²) >= 11 is 0. The Balaban J connectivity index is 1.77. The van der Waals surface area contributed by atoms with Gasteiger partial charge in [0.2, 0.25) is 0 Å². The summed E-state index contributed by atoms with van der Waals surface area (Å²) < 4.78 is 2.31. The van der Waals surface area contributed by atoms with Crippen molar-refractivity contribution in [2.75, 3.05) is 0 Å². The molecule has 0 radical (unpaired) electrons. The van der Waals surface area contributed by atoms with Gasteiger partial charge in [0.1, 0.15) is 0 Å². The largest absolute Gasteiger partial charge is 0.309 e. The van der Waals surface area contributed by atoms with E-state index in [0.29, 0.717) is 5.56 Å². The maximum atomic E-state index is 9.20. The van der Waals surface area contributed by atoms with Crippen LogP contribution in [-0.4, -0.2) is 4.57 Å². The number of aromatic nitrogens is 1. The molecule has 126 valence electrons. The minimum Gasteiger partial charge on any atom is -0.309 e. The molecule has 4 aromatic carbocycles. The van der Waals surface area contributed by atoms with E-state index in [1.165, 1.54) is 21.8 Å². The summed E-state index contributed by atoms with van der Waals surface area (Å²) in [6.07, 6.45) is 0. The Kier molecular flexibility index (Phi) is 3.52. The van der Waals surface area contributed by atoms with E-state index in [1.807, 2.05) is 24.3 Å². The lowest BCUT2D eigenvalue weighted by atomic mass is 10.0. The summed E-state index contributed by atoms with van der Waals surface area (Å²) in [4.78, 5) is 0. The SMILES string of the molecule is N#Cc1cccc(-c2cccc(-n3c4ccccc4c4ccccc43)c2)c1. The number of hydrogen-bond acceptors (Lipinski definition) is 1. The normalized spacial score (nSPS) is 10.9. The second kappa shape index (κ2) is 6.16. The number of hydrogen-bond donors (Lipinski definition) is 0. The predicted molar refractivity (Wildman–Crippen MR) is 111 cm³/mol. The van der Waals surface area contributed by atoms with Crippen molar-refractivity contribution in [1.82, 2.24) is 4.57 Å². The van der Waals surface area contributed by atoms with E-state index in [1.54, 1.807) is 0 Å². The van der Waals surface area contributed by atoms with Crippen molar-refractivity contribution >= 4 is 21.8 Å². The molecule has 27 heavy (non-hydrogen) atoms. The van der Waals surface area contributed by atoms with Gasteiger partial charge in [-0.3, -0.25) is 0 Å². The molecule has 0 unspecified atom stereocenters. The second-order valence-electron chi connectivity index (χ2n) is 6.61. The Bertz CT molecular complexity index is 1280. The molecule has 2 nitrogen and oxygen atoms in total. The molecule has 0 N–H and O–H groups in total. The van der Waals surface area contributed by atoms with Gasteiger partial charge in [-0.15, -0.1) is 0 Å². The second-order valence-corrected chi connectivity index (χ2v) is 6.61. The third-order valence-corrected chi connectivity index (χ3v) is 5.01. The molecule has 0 amide bonds. The number of para-hydroxylation sites is 2. The Morgan fingerprint density at radius 3 is 1.85 bits per heavy atom. The highest BCUT2D eigenvalue weighted by Crippen LogP contribution is 2.33. The van der Waals surface area contributed by atoms with Gasteiger partial charge < -0.3 is 4.57 Å². The van der Waals surface area contributed by atoms with Crippen LogP contribution in [0.5, 0.6) is 0 Å². The van der Waals surface area contributed by atoms with Gasteiger partial charge in [-0.2, -0.15) is 5.26 Å². The number of rotatable bonds is 2. The maximum Gasteiger partial charge on any atom is 0.0991 e. The number of benzene rings is 4. The Hall–Kier alpha value is -3.83. The molecular formula is C25H16N2. The van der Waals surface area contributed by atoms with Crippen molar-refractivity contribution in [1.29, 1.82) is 5.26 Å². The molecule has 1 aromatic heterocycles. The van der Waals surface area contributed by atoms with Gasteiger partial charge in [0.25, 0.3) is 0 Å². The smallest absolute Gasteiger partial charge is 0.0991 e. The fraction of sp³-hybridized carbons (Fsp3) is 0. The Morgan fingerprint density at radius 1 is 0.593 bits per heavy atom. The van der Waals surface area contributed by atoms with Crippen LogP contribution in [0.2, 0.25) is 0 Å². The fourth-order valence-electron chi connectivity index (χ4n) is 3.79. The molecule has 5 rings (SSSR count). The first-order chi connectivity index (χ1) is 13.3. The van der Waals surface area contributed by atoms with Crippen molar-refractivity contribution < 1.29 is 0 Å². The molecule has 1 heterocycles. The van der Waals surface area contributed by atoms with Crippen molar-refractivity contribution in [2.45, 2.75) is 0 Å². The molecule has 0 aliphatic rings. The van der Waals surface area contributed by atoms with Crippen LogP contribution in [-0.2, 0) is 0 Å². The average Bonchev–Trinajstić information content (AvgIpc) is 3.08. The molecule has 0 atom stereocenters. The zero-order valence-corrected chi connectivity index (χ0v) is 14.6. The predicted octanol–water partition coefficient (Wildman–Crippen LogP) is 6.32. The van der Waals surface area contributed by atoms with E-state index < -0.39 is 0 Å². The topological polar surface area (TPSA) is 28.7 Å². The highest BCUT2D eigenvalue weighted by atomic mass is 15.0. The highest BCUT2D eigenvalue weighted by Gasteiger charge is 2.11. The first-order valence-electron chi connectivity index (χ1n) is 8.94. The number of fused-ring (bicyclic) bond motifs is 3. The minimum atomic E-state index is 0.676. The molecular weight excluding hydrogens is 328 g/mol. The lowest BCUT2D eigenvalue weighted by molar-refractivity contribution is 1.18. The lowest BCUT2D eigenvalue weighted by Gasteiger charge is -2.10. The lowest BCUT2D eigenvalue weighted by Crippen LogP contribution is -1.94. The monoisotopic (exact) mass is 344 g/mol. The quantitative estimate of drug-likeness (QED) is 0.368. The van der Waals surface area contributed by atoms with Gasteiger partial charge >= 0.3 is 0 Å². The number of nitriles is 1. The summed E-state index contributed by atoms with van der Waals surface area (Å²) in [5.74, 6) is 0. The summed E-state index contributed by atoms with van der Waals surface area (Å²) in [5.41, 5.74) is 6.34. The fourth-order valence-corrected chi connectivity index (χ4v) is 3.79. The van der Waals surface area contributed by atoms with Gasteiger partial charge in [0.15, 0.2) is 0 Å². The van der Waals surface area contributed by atoms with Crippen LogP contribution in [0.25, 0.3) is 38.6 Å². The van der Waals surface area contributed by atoms with Crippen molar-refractivity contribution in [3.63, 3.8) is 0 Å². The third-order valence-electron chi connectivity index (χ3n) is 5.01. The molecule has 2 heteroatoms. The van der Waals surface area contributed by atoms with Gasteiger partial charge in [0.05, 0.1) is 22.7 Å². The first-order valence-corrected chi connectivity index (χ1v) is 8.94. The van der Waals surface area contributed by atoms with Crippen LogP contribution in [0.4, 0.5) is 0 Å². The molecule has 0 aliphatic carbocycles. The van der Waals surface area contributed by atoms with E-state index in [4.69, 9.17) is 0 Å². The van der Waals surface area contributed by atoms with Gasteiger partial charge in [0, 0.05) is 16.5 Å². The van der Waals surface area contributed by atoms with E-state index >= 15 is 0 Å². The van der Waals surface area contributed by atoms with Crippen LogP contribution >= 0.6 is 0 Å². The van der Waals surface area contributed by atoms with Crippen LogP contribution < -0.4 is 0 Å². The van der Waals surface area contributed by atoms with Crippen molar-refractivity contribution in [3.05, 3.63) is 103 Å². The van der Waals surface area contributed by atoms with Crippen LogP contribution in [0, 0.1) is 11.3 Å². The Labute approximate surface area is 157 Å². The highest BCUT2D eigenvalue weighted by molar-refractivity contribution is 6.09. The van der Waals surface area contributed by atoms with Crippen LogP contribution in [0.3, 0.4) is 0 Å². The van der Waals surface area contributed by atoms with Gasteiger partial charge in [-0.05, 0) is 47.5 Å². The first kappa shape index (κ1) is 15.4. The summed E-state index contributed by atoms with van der Waals surface area (Å²) in [5, 5.41) is 11.7. The molecule has 0 fully saturated rings. The third kappa shape index (κ3) is 2.49. The standard InChI is InChI=1S/C25H16N2/c26-17-18-7-5-8-19(15-18)20-9-6-10-21(16-20)27-24-13-3-1-11-22(24)23-12-2-4-14-25(23)27/h1-16H.